The second-order valence-electron chi connectivity index (χ2n) is 7.47. The first kappa shape index (κ1) is 16.2. The summed E-state index contributed by atoms with van der Waals surface area (Å²) in [6.45, 7) is 6.17. The van der Waals surface area contributed by atoms with Gasteiger partial charge in [0.1, 0.15) is 5.60 Å². The molecule has 2 N–H and O–H groups in total. The summed E-state index contributed by atoms with van der Waals surface area (Å²) in [6.07, 6.45) is 0.994. The molecule has 1 aliphatic heterocycles. The molecule has 2 fully saturated rings. The van der Waals surface area contributed by atoms with Crippen LogP contribution in [0, 0.1) is 5.92 Å². The Hall–Kier alpha value is -0.200. The minimum atomic E-state index is -0.921. The van der Waals surface area contributed by atoms with Crippen LogP contribution in [0.5, 0.6) is 0 Å². The van der Waals surface area contributed by atoms with Crippen LogP contribution in [0.4, 0.5) is 0 Å². The SMILES string of the molecule is CN(C)CCN(C)[C@H]1[C@H](O)C[C@@H]2CC(C)(C)OC[C@]21O. The van der Waals surface area contributed by atoms with Gasteiger partial charge in [-0.2, -0.15) is 0 Å². The van der Waals surface area contributed by atoms with E-state index < -0.39 is 11.7 Å². The quantitative estimate of drug-likeness (QED) is 0.771. The zero-order valence-electron chi connectivity index (χ0n) is 13.5. The summed E-state index contributed by atoms with van der Waals surface area (Å²) in [5, 5.41) is 21.5. The summed E-state index contributed by atoms with van der Waals surface area (Å²) in [5.74, 6) is 0.119. The zero-order chi connectivity index (χ0) is 15.1. The summed E-state index contributed by atoms with van der Waals surface area (Å²) in [7, 11) is 6.04. The third kappa shape index (κ3) is 3.02. The fraction of sp³-hybridized carbons (Fsp3) is 1.00. The highest BCUT2D eigenvalue weighted by molar-refractivity contribution is 5.11. The Morgan fingerprint density at radius 1 is 1.20 bits per heavy atom. The molecule has 20 heavy (non-hydrogen) atoms. The number of ether oxygens (including phenoxy) is 1. The van der Waals surface area contributed by atoms with Crippen molar-refractivity contribution in [1.29, 1.82) is 0 Å². The summed E-state index contributed by atoms with van der Waals surface area (Å²) in [4.78, 5) is 4.20. The molecule has 1 aliphatic carbocycles. The molecular formula is C15H30N2O3. The molecule has 1 saturated heterocycles. The maximum atomic E-state index is 11.1. The van der Waals surface area contributed by atoms with Crippen molar-refractivity contribution in [1.82, 2.24) is 9.80 Å². The molecule has 0 aromatic heterocycles. The molecule has 0 spiro atoms. The molecule has 0 unspecified atom stereocenters. The maximum Gasteiger partial charge on any atom is 0.109 e. The molecule has 0 bridgehead atoms. The van der Waals surface area contributed by atoms with Crippen molar-refractivity contribution in [2.75, 3.05) is 40.8 Å². The lowest BCUT2D eigenvalue weighted by atomic mass is 9.78. The van der Waals surface area contributed by atoms with E-state index in [1.165, 1.54) is 0 Å². The molecule has 2 rings (SSSR count). The summed E-state index contributed by atoms with van der Waals surface area (Å²) in [6, 6.07) is -0.233. The van der Waals surface area contributed by atoms with Crippen LogP contribution >= 0.6 is 0 Å². The molecule has 0 aromatic rings. The van der Waals surface area contributed by atoms with Crippen molar-refractivity contribution in [3.8, 4) is 0 Å². The van der Waals surface area contributed by atoms with Gasteiger partial charge in [0.05, 0.1) is 24.4 Å². The zero-order valence-corrected chi connectivity index (χ0v) is 13.5. The van der Waals surface area contributed by atoms with Crippen molar-refractivity contribution in [3.05, 3.63) is 0 Å². The van der Waals surface area contributed by atoms with E-state index in [2.05, 4.69) is 23.6 Å². The Labute approximate surface area is 122 Å². The van der Waals surface area contributed by atoms with Gasteiger partial charge in [-0.25, -0.2) is 0 Å². The molecule has 1 saturated carbocycles. The lowest BCUT2D eigenvalue weighted by molar-refractivity contribution is -0.196. The van der Waals surface area contributed by atoms with Crippen LogP contribution in [0.25, 0.3) is 0 Å². The van der Waals surface area contributed by atoms with E-state index >= 15 is 0 Å². The lowest BCUT2D eigenvalue weighted by Crippen LogP contribution is -2.61. The molecule has 5 nitrogen and oxygen atoms in total. The minimum Gasteiger partial charge on any atom is -0.391 e. The number of likely N-dealkylation sites (N-methyl/N-ethyl adjacent to an activating group) is 2. The summed E-state index contributed by atoms with van der Waals surface area (Å²) in [5.41, 5.74) is -1.12. The Kier molecular flexibility index (Phi) is 4.48. The second-order valence-corrected chi connectivity index (χ2v) is 7.47. The number of fused-ring (bicyclic) bond motifs is 1. The van der Waals surface area contributed by atoms with Gasteiger partial charge in [0.2, 0.25) is 0 Å². The van der Waals surface area contributed by atoms with Crippen LogP contribution in [0.15, 0.2) is 0 Å². The lowest BCUT2D eigenvalue weighted by Gasteiger charge is -2.47. The molecule has 2 aliphatic rings. The van der Waals surface area contributed by atoms with Gasteiger partial charge in [-0.1, -0.05) is 0 Å². The highest BCUT2D eigenvalue weighted by Crippen LogP contribution is 2.47. The first-order valence-electron chi connectivity index (χ1n) is 7.55. The molecule has 0 amide bonds. The van der Waals surface area contributed by atoms with Crippen molar-refractivity contribution in [2.24, 2.45) is 5.92 Å². The number of hydrogen-bond acceptors (Lipinski definition) is 5. The van der Waals surface area contributed by atoms with E-state index in [0.29, 0.717) is 13.0 Å². The fourth-order valence-electron chi connectivity index (χ4n) is 3.80. The maximum absolute atomic E-state index is 11.1. The van der Waals surface area contributed by atoms with Crippen molar-refractivity contribution < 1.29 is 14.9 Å². The summed E-state index contributed by atoms with van der Waals surface area (Å²) >= 11 is 0. The molecule has 0 radical (unpaired) electrons. The number of aliphatic hydroxyl groups is 2. The average Bonchev–Trinajstić information content (AvgIpc) is 2.56. The third-order valence-corrected chi connectivity index (χ3v) is 4.92. The molecule has 4 atom stereocenters. The van der Waals surface area contributed by atoms with E-state index in [4.69, 9.17) is 4.74 Å². The van der Waals surface area contributed by atoms with Gasteiger partial charge < -0.3 is 19.8 Å². The van der Waals surface area contributed by atoms with Crippen LogP contribution in [0.3, 0.4) is 0 Å². The van der Waals surface area contributed by atoms with Gasteiger partial charge >= 0.3 is 0 Å². The van der Waals surface area contributed by atoms with E-state index in [1.807, 2.05) is 21.1 Å². The molecule has 0 aromatic carbocycles. The van der Waals surface area contributed by atoms with Crippen molar-refractivity contribution in [3.63, 3.8) is 0 Å². The highest BCUT2D eigenvalue weighted by atomic mass is 16.5. The number of hydrogen-bond donors (Lipinski definition) is 2. The Bertz CT molecular complexity index is 348. The monoisotopic (exact) mass is 286 g/mol. The fourth-order valence-corrected chi connectivity index (χ4v) is 3.80. The van der Waals surface area contributed by atoms with Crippen molar-refractivity contribution >= 4 is 0 Å². The Balaban J connectivity index is 2.10. The van der Waals surface area contributed by atoms with Gasteiger partial charge in [-0.05, 0) is 53.8 Å². The molecule has 1 heterocycles. The van der Waals surface area contributed by atoms with Gasteiger partial charge in [-0.15, -0.1) is 0 Å². The topological polar surface area (TPSA) is 56.2 Å². The van der Waals surface area contributed by atoms with Crippen LogP contribution < -0.4 is 0 Å². The largest absolute Gasteiger partial charge is 0.391 e. The first-order chi connectivity index (χ1) is 9.16. The van der Waals surface area contributed by atoms with E-state index in [0.717, 1.165) is 19.5 Å². The van der Waals surface area contributed by atoms with E-state index in [9.17, 15) is 10.2 Å². The first-order valence-corrected chi connectivity index (χ1v) is 7.55. The average molecular weight is 286 g/mol. The van der Waals surface area contributed by atoms with Crippen LogP contribution in [-0.2, 0) is 4.74 Å². The second kappa shape index (κ2) is 5.54. The summed E-state index contributed by atoms with van der Waals surface area (Å²) < 4.78 is 5.84. The number of rotatable bonds is 4. The van der Waals surface area contributed by atoms with Crippen molar-refractivity contribution in [2.45, 2.75) is 50.0 Å². The number of nitrogens with zero attached hydrogens (tertiary/aromatic N) is 2. The Morgan fingerprint density at radius 2 is 1.85 bits per heavy atom. The molecule has 118 valence electrons. The van der Waals surface area contributed by atoms with Gasteiger partial charge in [0.25, 0.3) is 0 Å². The van der Waals surface area contributed by atoms with Crippen LogP contribution in [-0.4, -0.2) is 84.2 Å². The molecular weight excluding hydrogens is 256 g/mol. The van der Waals surface area contributed by atoms with Crippen LogP contribution in [0.1, 0.15) is 26.7 Å². The standard InChI is InChI=1S/C15H30N2O3/c1-14(2)9-11-8-12(18)13(15(11,19)10-20-14)17(5)7-6-16(3)4/h11-13,18-19H,6-10H2,1-5H3/t11-,12-,13+,15+/m1/s1. The molecule has 5 heteroatoms. The van der Waals surface area contributed by atoms with Crippen LogP contribution in [0.2, 0.25) is 0 Å². The number of aliphatic hydroxyl groups excluding tert-OH is 1. The van der Waals surface area contributed by atoms with Gasteiger partial charge in [0, 0.05) is 13.1 Å². The van der Waals surface area contributed by atoms with E-state index in [-0.39, 0.29) is 17.6 Å². The third-order valence-electron chi connectivity index (χ3n) is 4.92. The smallest absolute Gasteiger partial charge is 0.109 e. The minimum absolute atomic E-state index is 0.119. The highest BCUT2D eigenvalue weighted by Gasteiger charge is 2.59. The van der Waals surface area contributed by atoms with Gasteiger partial charge in [-0.3, -0.25) is 4.90 Å². The normalized spacial score (nSPS) is 40.4. The van der Waals surface area contributed by atoms with E-state index in [1.54, 1.807) is 0 Å². The Morgan fingerprint density at radius 3 is 2.45 bits per heavy atom. The van der Waals surface area contributed by atoms with Gasteiger partial charge in [0.15, 0.2) is 0 Å². The predicted molar refractivity (Wildman–Crippen MR) is 78.7 cm³/mol. The predicted octanol–water partition coefficient (Wildman–Crippen LogP) is 0.159.